The third-order valence-electron chi connectivity index (χ3n) is 4.78. The van der Waals surface area contributed by atoms with Gasteiger partial charge in [0.1, 0.15) is 11.4 Å². The van der Waals surface area contributed by atoms with Crippen LogP contribution in [0.25, 0.3) is 0 Å². The Morgan fingerprint density at radius 3 is 2.31 bits per heavy atom. The molecule has 0 aliphatic carbocycles. The first-order valence-electron chi connectivity index (χ1n) is 8.96. The first-order valence-corrected chi connectivity index (χ1v) is 8.96. The molecule has 0 spiro atoms. The molecular formula is C19H21F3N4O3. The third-order valence-corrected chi connectivity index (χ3v) is 4.78. The Morgan fingerprint density at radius 2 is 1.72 bits per heavy atom. The van der Waals surface area contributed by atoms with Crippen molar-refractivity contribution in [3.8, 4) is 5.75 Å². The van der Waals surface area contributed by atoms with E-state index in [1.54, 1.807) is 18.2 Å². The lowest BCUT2D eigenvalue weighted by Crippen LogP contribution is -2.52. The van der Waals surface area contributed by atoms with E-state index in [1.165, 1.54) is 23.0 Å². The van der Waals surface area contributed by atoms with Crippen LogP contribution in [0, 0.1) is 0 Å². The molecule has 10 heteroatoms. The minimum atomic E-state index is -4.63. The second-order valence-electron chi connectivity index (χ2n) is 6.61. The summed E-state index contributed by atoms with van der Waals surface area (Å²) in [5, 5.41) is 2.53. The van der Waals surface area contributed by atoms with Crippen LogP contribution in [0.4, 0.5) is 18.9 Å². The minimum Gasteiger partial charge on any atom is -0.496 e. The van der Waals surface area contributed by atoms with Crippen molar-refractivity contribution in [1.29, 1.82) is 0 Å². The number of methoxy groups -OCH3 is 1. The molecule has 0 radical (unpaired) electrons. The number of piperazine rings is 1. The van der Waals surface area contributed by atoms with Gasteiger partial charge in [0.2, 0.25) is 0 Å². The van der Waals surface area contributed by atoms with E-state index in [4.69, 9.17) is 10.5 Å². The summed E-state index contributed by atoms with van der Waals surface area (Å²) >= 11 is 0. The van der Waals surface area contributed by atoms with Crippen LogP contribution in [0.3, 0.4) is 0 Å². The molecule has 0 unspecified atom stereocenters. The quantitative estimate of drug-likeness (QED) is 0.739. The lowest BCUT2D eigenvalue weighted by Gasteiger charge is -2.36. The zero-order chi connectivity index (χ0) is 21.2. The van der Waals surface area contributed by atoms with E-state index >= 15 is 0 Å². The number of hydrogen-bond acceptors (Lipinski definition) is 5. The van der Waals surface area contributed by atoms with Crippen LogP contribution in [0.2, 0.25) is 0 Å². The highest BCUT2D eigenvalue weighted by Crippen LogP contribution is 2.31. The number of rotatable bonds is 3. The van der Waals surface area contributed by atoms with Crippen LogP contribution in [-0.2, 0) is 4.79 Å². The largest absolute Gasteiger partial charge is 0.496 e. The van der Waals surface area contributed by atoms with Crippen molar-refractivity contribution in [1.82, 2.24) is 15.1 Å². The molecule has 0 saturated carbocycles. The summed E-state index contributed by atoms with van der Waals surface area (Å²) in [6.07, 6.45) is -2.40. The number of dihydropyridines is 1. The van der Waals surface area contributed by atoms with Crippen molar-refractivity contribution in [2.45, 2.75) is 6.18 Å². The Labute approximate surface area is 165 Å². The van der Waals surface area contributed by atoms with E-state index in [0.717, 1.165) is 6.08 Å². The van der Waals surface area contributed by atoms with Crippen LogP contribution in [0.15, 0.2) is 41.6 Å². The Bertz CT molecular complexity index is 872. The lowest BCUT2D eigenvalue weighted by molar-refractivity contribution is -0.130. The van der Waals surface area contributed by atoms with Crippen LogP contribution < -0.4 is 15.8 Å². The van der Waals surface area contributed by atoms with Gasteiger partial charge in [0, 0.05) is 44.5 Å². The zero-order valence-electron chi connectivity index (χ0n) is 15.8. The summed E-state index contributed by atoms with van der Waals surface area (Å²) in [7, 11) is 1.43. The van der Waals surface area contributed by atoms with Gasteiger partial charge in [-0.3, -0.25) is 9.59 Å². The number of nitrogens with one attached hydrogen (secondary N) is 1. The van der Waals surface area contributed by atoms with Crippen molar-refractivity contribution in [2.75, 3.05) is 45.6 Å². The number of amides is 2. The fraction of sp³-hybridized carbons (Fsp3) is 0.368. The summed E-state index contributed by atoms with van der Waals surface area (Å²) in [6.45, 7) is 0.797. The Kier molecular flexibility index (Phi) is 5.71. The number of nitrogens with two attached hydrogens (primary N) is 1. The summed E-state index contributed by atoms with van der Waals surface area (Å²) in [4.78, 5) is 28.3. The van der Waals surface area contributed by atoms with Gasteiger partial charge in [0.05, 0.1) is 18.2 Å². The highest BCUT2D eigenvalue weighted by atomic mass is 19.4. The van der Waals surface area contributed by atoms with E-state index in [2.05, 4.69) is 5.32 Å². The average Bonchev–Trinajstić information content (AvgIpc) is 2.72. The van der Waals surface area contributed by atoms with Gasteiger partial charge in [-0.15, -0.1) is 0 Å². The second-order valence-corrected chi connectivity index (χ2v) is 6.61. The van der Waals surface area contributed by atoms with Crippen molar-refractivity contribution in [3.63, 3.8) is 0 Å². The van der Waals surface area contributed by atoms with Crippen molar-refractivity contribution < 1.29 is 27.5 Å². The minimum absolute atomic E-state index is 0.127. The van der Waals surface area contributed by atoms with E-state index in [-0.39, 0.29) is 38.6 Å². The number of alkyl halides is 3. The maximum absolute atomic E-state index is 13.2. The Hall–Kier alpha value is -3.17. The van der Waals surface area contributed by atoms with Gasteiger partial charge in [0.25, 0.3) is 11.8 Å². The monoisotopic (exact) mass is 410 g/mol. The van der Waals surface area contributed by atoms with Crippen LogP contribution >= 0.6 is 0 Å². The summed E-state index contributed by atoms with van der Waals surface area (Å²) < 4.78 is 44.7. The van der Waals surface area contributed by atoms with Gasteiger partial charge in [-0.1, -0.05) is 6.08 Å². The number of ether oxygens (including phenoxy) is 1. The van der Waals surface area contributed by atoms with E-state index < -0.39 is 23.4 Å². The topological polar surface area (TPSA) is 87.9 Å². The molecule has 0 atom stereocenters. The van der Waals surface area contributed by atoms with Gasteiger partial charge < -0.3 is 25.6 Å². The smallest absolute Gasteiger partial charge is 0.418 e. The average molecular weight is 410 g/mol. The predicted molar refractivity (Wildman–Crippen MR) is 100 cm³/mol. The molecule has 2 amide bonds. The number of hydrogen-bond donors (Lipinski definition) is 2. The molecule has 0 bridgehead atoms. The van der Waals surface area contributed by atoms with Gasteiger partial charge in [0.15, 0.2) is 0 Å². The van der Waals surface area contributed by atoms with Gasteiger partial charge in [-0.2, -0.15) is 13.2 Å². The predicted octanol–water partition coefficient (Wildman–Crippen LogP) is 1.54. The van der Waals surface area contributed by atoms with E-state index in [1.807, 2.05) is 0 Å². The molecule has 7 nitrogen and oxygen atoms in total. The number of carbonyl (C=O) groups excluding carboxylic acids is 2. The number of halogens is 3. The fourth-order valence-corrected chi connectivity index (χ4v) is 3.27. The first kappa shape index (κ1) is 20.6. The van der Waals surface area contributed by atoms with E-state index in [0.29, 0.717) is 17.0 Å². The SMILES string of the molecule is COc1cc(N)ccc1C(=O)N1CCN(C(=O)C2=C(C(F)(F)F)C=CCN2)CC1. The Balaban J connectivity index is 1.71. The maximum Gasteiger partial charge on any atom is 0.418 e. The highest BCUT2D eigenvalue weighted by Gasteiger charge is 2.39. The molecule has 2 aliphatic heterocycles. The number of anilines is 1. The molecule has 1 fully saturated rings. The number of benzene rings is 1. The zero-order valence-corrected chi connectivity index (χ0v) is 15.8. The van der Waals surface area contributed by atoms with Crippen LogP contribution in [-0.4, -0.2) is 67.6 Å². The molecule has 2 heterocycles. The van der Waals surface area contributed by atoms with Gasteiger partial charge in [-0.05, 0) is 18.2 Å². The Morgan fingerprint density at radius 1 is 1.10 bits per heavy atom. The van der Waals surface area contributed by atoms with Crippen molar-refractivity contribution in [2.24, 2.45) is 0 Å². The maximum atomic E-state index is 13.2. The number of allylic oxidation sites excluding steroid dienone is 2. The number of nitrogen functional groups attached to an aromatic ring is 1. The standard InChI is InChI=1S/C19H21F3N4O3/c1-29-15-11-12(23)4-5-13(15)17(27)25-7-9-26(10-8-25)18(28)16-14(19(20,21)22)3-2-6-24-16/h2-5,11,24H,6-10,23H2,1H3. The molecule has 0 aromatic heterocycles. The fourth-order valence-electron chi connectivity index (χ4n) is 3.27. The van der Waals surface area contributed by atoms with Crippen LogP contribution in [0.5, 0.6) is 5.75 Å². The molecule has 29 heavy (non-hydrogen) atoms. The van der Waals surface area contributed by atoms with Crippen molar-refractivity contribution >= 4 is 17.5 Å². The number of nitrogens with zero attached hydrogens (tertiary/aromatic N) is 2. The molecule has 2 aliphatic rings. The summed E-state index contributed by atoms with van der Waals surface area (Å²) in [6, 6.07) is 4.69. The summed E-state index contributed by atoms with van der Waals surface area (Å²) in [5.74, 6) is -0.673. The van der Waals surface area contributed by atoms with Crippen LogP contribution in [0.1, 0.15) is 10.4 Å². The molecule has 3 rings (SSSR count). The van der Waals surface area contributed by atoms with Gasteiger partial charge in [-0.25, -0.2) is 0 Å². The third kappa shape index (κ3) is 4.30. The molecule has 1 saturated heterocycles. The number of carbonyl (C=O) groups is 2. The van der Waals surface area contributed by atoms with Gasteiger partial charge >= 0.3 is 6.18 Å². The molecule has 1 aromatic rings. The summed E-state index contributed by atoms with van der Waals surface area (Å²) in [5.41, 5.74) is 5.05. The first-order chi connectivity index (χ1) is 13.7. The highest BCUT2D eigenvalue weighted by molar-refractivity contribution is 5.98. The second kappa shape index (κ2) is 8.06. The molecular weight excluding hydrogens is 389 g/mol. The lowest BCUT2D eigenvalue weighted by atomic mass is 10.1. The van der Waals surface area contributed by atoms with E-state index in [9.17, 15) is 22.8 Å². The molecule has 3 N–H and O–H groups in total. The normalized spacial score (nSPS) is 17.2. The molecule has 1 aromatic carbocycles. The molecule has 156 valence electrons. The van der Waals surface area contributed by atoms with Crippen molar-refractivity contribution in [3.05, 3.63) is 47.2 Å².